The molecule has 0 bridgehead atoms. The van der Waals surface area contributed by atoms with Gasteiger partial charge in [-0.15, -0.1) is 5.10 Å². The lowest BCUT2D eigenvalue weighted by molar-refractivity contribution is 0.265. The fraction of sp³-hybridized carbons (Fsp3) is 0.348. The van der Waals surface area contributed by atoms with Crippen LogP contribution in [0, 0.1) is 0 Å². The zero-order valence-corrected chi connectivity index (χ0v) is 17.2. The van der Waals surface area contributed by atoms with Gasteiger partial charge < -0.3 is 24.5 Å². The first-order chi connectivity index (χ1) is 15.3. The number of ether oxygens (including phenoxy) is 2. The van der Waals surface area contributed by atoms with E-state index in [1.165, 1.54) is 11.1 Å². The molecule has 1 saturated carbocycles. The van der Waals surface area contributed by atoms with E-state index >= 15 is 0 Å². The summed E-state index contributed by atoms with van der Waals surface area (Å²) >= 11 is 0. The normalized spacial score (nSPS) is 19.1. The standard InChI is InChI=1S/C23H23N5O3/c1-29-19-4-2-3-13-7-9-18(20(13)19)26-22-25-17-10-8-16(11-15(17)12-30-22)24-23-28-27-21(31-23)14-5-6-14/h2-4,8,10-11,14,18H,5-7,9,12H2,1H3,(H,24,28)(H,25,26). The Morgan fingerprint density at radius 3 is 2.87 bits per heavy atom. The molecule has 1 unspecified atom stereocenters. The number of rotatable bonds is 5. The average molecular weight is 417 g/mol. The SMILES string of the molecule is COc1cccc2c1C(NC1=Nc3ccc(Nc4nnc(C5CC5)o4)cc3CO1)CC2. The van der Waals surface area contributed by atoms with E-state index < -0.39 is 0 Å². The van der Waals surface area contributed by atoms with Crippen LogP contribution in [0.3, 0.4) is 0 Å². The van der Waals surface area contributed by atoms with Crippen LogP contribution in [0.2, 0.25) is 0 Å². The molecule has 1 fully saturated rings. The highest BCUT2D eigenvalue weighted by Crippen LogP contribution is 2.40. The summed E-state index contributed by atoms with van der Waals surface area (Å²) in [5.74, 6) is 2.06. The monoisotopic (exact) mass is 417 g/mol. The summed E-state index contributed by atoms with van der Waals surface area (Å²) in [6.07, 6.45) is 4.26. The molecular formula is C23H23N5O3. The second-order valence-corrected chi connectivity index (χ2v) is 8.16. The molecule has 2 N–H and O–H groups in total. The maximum Gasteiger partial charge on any atom is 0.320 e. The molecule has 1 aliphatic heterocycles. The van der Waals surface area contributed by atoms with Crippen LogP contribution in [0.1, 0.15) is 53.8 Å². The molecule has 158 valence electrons. The Morgan fingerprint density at radius 1 is 1.06 bits per heavy atom. The van der Waals surface area contributed by atoms with E-state index in [1.807, 2.05) is 30.3 Å². The van der Waals surface area contributed by atoms with Gasteiger partial charge in [0, 0.05) is 22.7 Å². The summed E-state index contributed by atoms with van der Waals surface area (Å²) in [6.45, 7) is 0.444. The van der Waals surface area contributed by atoms with Gasteiger partial charge in [0.25, 0.3) is 6.02 Å². The largest absolute Gasteiger partial charge is 0.496 e. The number of methoxy groups -OCH3 is 1. The van der Waals surface area contributed by atoms with Crippen LogP contribution < -0.4 is 15.4 Å². The van der Waals surface area contributed by atoms with Gasteiger partial charge in [-0.3, -0.25) is 0 Å². The van der Waals surface area contributed by atoms with Crippen molar-refractivity contribution in [2.75, 3.05) is 12.4 Å². The van der Waals surface area contributed by atoms with E-state index in [-0.39, 0.29) is 6.04 Å². The molecule has 8 heteroatoms. The number of aromatic nitrogens is 2. The molecule has 3 aliphatic rings. The number of aliphatic imine (C=N–C) groups is 1. The number of hydrogen-bond acceptors (Lipinski definition) is 8. The minimum Gasteiger partial charge on any atom is -0.496 e. The fourth-order valence-corrected chi connectivity index (χ4v) is 4.27. The zero-order chi connectivity index (χ0) is 20.8. The van der Waals surface area contributed by atoms with Gasteiger partial charge in [-0.05, 0) is 55.5 Å². The van der Waals surface area contributed by atoms with Gasteiger partial charge in [0.1, 0.15) is 12.4 Å². The van der Waals surface area contributed by atoms with Crippen molar-refractivity contribution in [2.24, 2.45) is 4.99 Å². The number of fused-ring (bicyclic) bond motifs is 2. The molecule has 0 saturated heterocycles. The van der Waals surface area contributed by atoms with E-state index in [0.717, 1.165) is 48.4 Å². The van der Waals surface area contributed by atoms with Crippen molar-refractivity contribution in [2.45, 2.75) is 44.2 Å². The lowest BCUT2D eigenvalue weighted by Crippen LogP contribution is -2.30. The molecule has 2 heterocycles. The Hall–Kier alpha value is -3.55. The third-order valence-corrected chi connectivity index (χ3v) is 6.01. The van der Waals surface area contributed by atoms with Crippen molar-refractivity contribution >= 4 is 23.4 Å². The van der Waals surface area contributed by atoms with Crippen LogP contribution in [0.15, 0.2) is 45.8 Å². The first-order valence-electron chi connectivity index (χ1n) is 10.6. The third kappa shape index (κ3) is 3.48. The molecule has 0 radical (unpaired) electrons. The highest BCUT2D eigenvalue weighted by molar-refractivity contribution is 5.81. The van der Waals surface area contributed by atoms with Gasteiger partial charge in [-0.25, -0.2) is 0 Å². The Balaban J connectivity index is 1.18. The van der Waals surface area contributed by atoms with E-state index in [4.69, 9.17) is 13.9 Å². The molecule has 2 aromatic carbocycles. The van der Waals surface area contributed by atoms with Crippen molar-refractivity contribution < 1.29 is 13.9 Å². The van der Waals surface area contributed by atoms with Gasteiger partial charge in [-0.1, -0.05) is 17.2 Å². The van der Waals surface area contributed by atoms with Crippen molar-refractivity contribution in [3.05, 3.63) is 59.0 Å². The summed E-state index contributed by atoms with van der Waals surface area (Å²) in [4.78, 5) is 4.68. The predicted octanol–water partition coefficient (Wildman–Crippen LogP) is 4.49. The van der Waals surface area contributed by atoms with Crippen LogP contribution >= 0.6 is 0 Å². The average Bonchev–Trinajstić information content (AvgIpc) is 3.41. The van der Waals surface area contributed by atoms with Gasteiger partial charge in [0.05, 0.1) is 18.8 Å². The van der Waals surface area contributed by atoms with Crippen LogP contribution in [-0.2, 0) is 17.8 Å². The molecule has 1 atom stereocenters. The van der Waals surface area contributed by atoms with Crippen molar-refractivity contribution in [3.63, 3.8) is 0 Å². The van der Waals surface area contributed by atoms with Crippen LogP contribution in [-0.4, -0.2) is 23.3 Å². The summed E-state index contributed by atoms with van der Waals surface area (Å²) in [6, 6.07) is 13.2. The number of anilines is 2. The zero-order valence-electron chi connectivity index (χ0n) is 17.2. The van der Waals surface area contributed by atoms with E-state index in [1.54, 1.807) is 7.11 Å². The van der Waals surface area contributed by atoms with Crippen LogP contribution in [0.25, 0.3) is 0 Å². The first-order valence-corrected chi connectivity index (χ1v) is 10.6. The van der Waals surface area contributed by atoms with Crippen molar-refractivity contribution in [3.8, 4) is 5.75 Å². The van der Waals surface area contributed by atoms with E-state index in [2.05, 4.69) is 31.9 Å². The number of benzene rings is 2. The van der Waals surface area contributed by atoms with Gasteiger partial charge in [0.15, 0.2) is 0 Å². The second-order valence-electron chi connectivity index (χ2n) is 8.16. The summed E-state index contributed by atoms with van der Waals surface area (Å²) in [7, 11) is 1.71. The van der Waals surface area contributed by atoms with Crippen LogP contribution in [0.4, 0.5) is 17.4 Å². The molecule has 6 rings (SSSR count). The predicted molar refractivity (Wildman–Crippen MR) is 115 cm³/mol. The molecule has 1 aromatic heterocycles. The van der Waals surface area contributed by atoms with Crippen molar-refractivity contribution in [1.29, 1.82) is 0 Å². The van der Waals surface area contributed by atoms with Crippen LogP contribution in [0.5, 0.6) is 5.75 Å². The van der Waals surface area contributed by atoms with E-state index in [0.29, 0.717) is 30.5 Å². The third-order valence-electron chi connectivity index (χ3n) is 6.01. The van der Waals surface area contributed by atoms with Crippen molar-refractivity contribution in [1.82, 2.24) is 15.5 Å². The molecular weight excluding hydrogens is 394 g/mol. The quantitative estimate of drug-likeness (QED) is 0.631. The molecule has 3 aromatic rings. The van der Waals surface area contributed by atoms with Gasteiger partial charge in [0.2, 0.25) is 5.89 Å². The molecule has 31 heavy (non-hydrogen) atoms. The maximum atomic E-state index is 5.92. The highest BCUT2D eigenvalue weighted by Gasteiger charge is 2.30. The first kappa shape index (κ1) is 18.2. The highest BCUT2D eigenvalue weighted by atomic mass is 16.5. The molecule has 0 amide bonds. The number of aryl methyl sites for hydroxylation is 1. The summed E-state index contributed by atoms with van der Waals surface area (Å²) in [5, 5.41) is 14.8. The lowest BCUT2D eigenvalue weighted by Gasteiger charge is -2.22. The molecule has 2 aliphatic carbocycles. The number of hydrogen-bond donors (Lipinski definition) is 2. The lowest BCUT2D eigenvalue weighted by atomic mass is 10.1. The minimum atomic E-state index is 0.130. The fourth-order valence-electron chi connectivity index (χ4n) is 4.27. The molecule has 8 nitrogen and oxygen atoms in total. The van der Waals surface area contributed by atoms with Gasteiger partial charge in [-0.2, -0.15) is 4.99 Å². The Kier molecular flexibility index (Phi) is 4.29. The number of nitrogens with one attached hydrogen (secondary N) is 2. The van der Waals surface area contributed by atoms with Gasteiger partial charge >= 0.3 is 6.01 Å². The Bertz CT molecular complexity index is 1170. The number of amidine groups is 1. The Morgan fingerprint density at radius 2 is 2.00 bits per heavy atom. The summed E-state index contributed by atoms with van der Waals surface area (Å²) in [5.41, 5.74) is 5.28. The Labute approximate surface area is 179 Å². The minimum absolute atomic E-state index is 0.130. The second kappa shape index (κ2) is 7.30. The topological polar surface area (TPSA) is 93.8 Å². The number of nitrogens with zero attached hydrogens (tertiary/aromatic N) is 3. The maximum absolute atomic E-state index is 5.92. The molecule has 0 spiro atoms. The summed E-state index contributed by atoms with van der Waals surface area (Å²) < 4.78 is 17.2. The van der Waals surface area contributed by atoms with E-state index in [9.17, 15) is 0 Å². The smallest absolute Gasteiger partial charge is 0.320 e.